The zero-order valence-corrected chi connectivity index (χ0v) is 9.50. The van der Waals surface area contributed by atoms with Crippen LogP contribution in [-0.2, 0) is 0 Å². The molecule has 1 nitrogen and oxygen atoms in total. The minimum atomic E-state index is 0.756. The van der Waals surface area contributed by atoms with Gasteiger partial charge in [0.15, 0.2) is 0 Å². The number of rotatable bonds is 3. The Hall–Kier alpha value is -0.950. The summed E-state index contributed by atoms with van der Waals surface area (Å²) in [5.74, 6) is 0.756. The minimum Gasteiger partial charge on any atom is -0.384 e. The molecule has 0 saturated carbocycles. The van der Waals surface area contributed by atoms with Crippen molar-refractivity contribution in [3.63, 3.8) is 0 Å². The molecule has 1 aromatic carbocycles. The van der Waals surface area contributed by atoms with Gasteiger partial charge >= 0.3 is 0 Å². The zero-order chi connectivity index (χ0) is 10.5. The molecule has 0 aromatic heterocycles. The highest BCUT2D eigenvalue weighted by Crippen LogP contribution is 2.23. The van der Waals surface area contributed by atoms with E-state index in [-0.39, 0.29) is 0 Å². The van der Waals surface area contributed by atoms with E-state index in [9.17, 15) is 0 Å². The molecule has 1 N–H and O–H groups in total. The fourth-order valence-electron chi connectivity index (χ4n) is 1.90. The average molecular weight is 222 g/mol. The summed E-state index contributed by atoms with van der Waals surface area (Å²) in [5, 5.41) is 4.23. The van der Waals surface area contributed by atoms with Gasteiger partial charge in [0, 0.05) is 6.54 Å². The van der Waals surface area contributed by atoms with Crippen LogP contribution < -0.4 is 5.32 Å². The summed E-state index contributed by atoms with van der Waals surface area (Å²) in [7, 11) is 0. The van der Waals surface area contributed by atoms with Crippen molar-refractivity contribution in [3.05, 3.63) is 41.4 Å². The molecule has 1 unspecified atom stereocenters. The third kappa shape index (κ3) is 3.00. The quantitative estimate of drug-likeness (QED) is 0.758. The summed E-state index contributed by atoms with van der Waals surface area (Å²) in [6, 6.07) is 7.91. The number of para-hydroxylation sites is 1. The summed E-state index contributed by atoms with van der Waals surface area (Å²) < 4.78 is 0. The number of anilines is 1. The van der Waals surface area contributed by atoms with Crippen molar-refractivity contribution in [2.75, 3.05) is 11.9 Å². The van der Waals surface area contributed by atoms with Gasteiger partial charge in [0.05, 0.1) is 10.7 Å². The molecule has 80 valence electrons. The lowest BCUT2D eigenvalue weighted by Crippen LogP contribution is -2.15. The van der Waals surface area contributed by atoms with Crippen LogP contribution in [0.5, 0.6) is 0 Å². The van der Waals surface area contributed by atoms with Crippen LogP contribution in [0.1, 0.15) is 19.3 Å². The van der Waals surface area contributed by atoms with Crippen molar-refractivity contribution in [1.29, 1.82) is 0 Å². The summed E-state index contributed by atoms with van der Waals surface area (Å²) in [5.41, 5.74) is 1.05. The Bertz CT molecular complexity index is 346. The number of hydrogen-bond acceptors (Lipinski definition) is 1. The van der Waals surface area contributed by atoms with Gasteiger partial charge in [0.25, 0.3) is 0 Å². The lowest BCUT2D eigenvalue weighted by atomic mass is 9.94. The predicted molar refractivity (Wildman–Crippen MR) is 66.4 cm³/mol. The van der Waals surface area contributed by atoms with Gasteiger partial charge in [-0.25, -0.2) is 0 Å². The van der Waals surface area contributed by atoms with E-state index in [1.165, 1.54) is 19.3 Å². The van der Waals surface area contributed by atoms with Crippen LogP contribution in [0.25, 0.3) is 0 Å². The second-order valence-corrected chi connectivity index (χ2v) is 4.42. The van der Waals surface area contributed by atoms with E-state index in [4.69, 9.17) is 11.6 Å². The van der Waals surface area contributed by atoms with Crippen molar-refractivity contribution in [2.45, 2.75) is 19.3 Å². The lowest BCUT2D eigenvalue weighted by Gasteiger charge is -2.19. The normalized spacial score (nSPS) is 20.2. The molecule has 0 fully saturated rings. The molecule has 0 heterocycles. The van der Waals surface area contributed by atoms with E-state index in [0.29, 0.717) is 0 Å². The standard InChI is InChI=1S/C13H16ClN/c14-12-8-4-5-9-13(12)15-10-11-6-2-1-3-7-11/h1-2,4-5,8-9,11,15H,3,6-7,10H2. The van der Waals surface area contributed by atoms with Gasteiger partial charge in [-0.05, 0) is 37.3 Å². The maximum Gasteiger partial charge on any atom is 0.0637 e. The summed E-state index contributed by atoms with van der Waals surface area (Å²) in [6.45, 7) is 1.02. The van der Waals surface area contributed by atoms with E-state index >= 15 is 0 Å². The van der Waals surface area contributed by atoms with E-state index in [1.807, 2.05) is 24.3 Å². The van der Waals surface area contributed by atoms with Crippen LogP contribution in [0.4, 0.5) is 5.69 Å². The number of benzene rings is 1. The predicted octanol–water partition coefficient (Wildman–Crippen LogP) is 4.11. The van der Waals surface area contributed by atoms with Crippen molar-refractivity contribution in [2.24, 2.45) is 5.92 Å². The molecule has 0 saturated heterocycles. The second-order valence-electron chi connectivity index (χ2n) is 4.01. The van der Waals surface area contributed by atoms with Gasteiger partial charge in [-0.2, -0.15) is 0 Å². The summed E-state index contributed by atoms with van der Waals surface area (Å²) in [6.07, 6.45) is 8.24. The molecular formula is C13H16ClN. The molecule has 1 aromatic rings. The first-order chi connectivity index (χ1) is 7.36. The fraction of sp³-hybridized carbons (Fsp3) is 0.385. The van der Waals surface area contributed by atoms with Crippen molar-refractivity contribution >= 4 is 17.3 Å². The Kier molecular flexibility index (Phi) is 3.68. The van der Waals surface area contributed by atoms with Crippen LogP contribution >= 0.6 is 11.6 Å². The van der Waals surface area contributed by atoms with E-state index in [0.717, 1.165) is 23.2 Å². The number of nitrogens with one attached hydrogen (secondary N) is 1. The lowest BCUT2D eigenvalue weighted by molar-refractivity contribution is 0.504. The number of allylic oxidation sites excluding steroid dienone is 2. The molecule has 15 heavy (non-hydrogen) atoms. The highest BCUT2D eigenvalue weighted by molar-refractivity contribution is 6.33. The van der Waals surface area contributed by atoms with Gasteiger partial charge in [0.1, 0.15) is 0 Å². The van der Waals surface area contributed by atoms with Gasteiger partial charge < -0.3 is 5.32 Å². The first kappa shape index (κ1) is 10.6. The Morgan fingerprint density at radius 2 is 2.13 bits per heavy atom. The molecule has 2 heteroatoms. The Morgan fingerprint density at radius 1 is 1.27 bits per heavy atom. The van der Waals surface area contributed by atoms with Gasteiger partial charge in [-0.3, -0.25) is 0 Å². The monoisotopic (exact) mass is 221 g/mol. The topological polar surface area (TPSA) is 12.0 Å². The molecule has 2 rings (SSSR count). The highest BCUT2D eigenvalue weighted by atomic mass is 35.5. The molecule has 0 amide bonds. The minimum absolute atomic E-state index is 0.756. The van der Waals surface area contributed by atoms with E-state index in [1.54, 1.807) is 0 Å². The van der Waals surface area contributed by atoms with Gasteiger partial charge in [-0.1, -0.05) is 35.9 Å². The van der Waals surface area contributed by atoms with E-state index < -0.39 is 0 Å². The smallest absolute Gasteiger partial charge is 0.0637 e. The molecule has 1 aliphatic carbocycles. The largest absolute Gasteiger partial charge is 0.384 e. The van der Waals surface area contributed by atoms with Gasteiger partial charge in [-0.15, -0.1) is 0 Å². The maximum absolute atomic E-state index is 6.07. The third-order valence-electron chi connectivity index (χ3n) is 2.83. The molecular weight excluding hydrogens is 206 g/mol. The number of hydrogen-bond donors (Lipinski definition) is 1. The first-order valence-corrected chi connectivity index (χ1v) is 5.87. The highest BCUT2D eigenvalue weighted by Gasteiger charge is 2.09. The van der Waals surface area contributed by atoms with Crippen LogP contribution in [0.2, 0.25) is 5.02 Å². The SMILES string of the molecule is Clc1ccccc1NCC1CC=CCC1. The van der Waals surface area contributed by atoms with Crippen LogP contribution in [0, 0.1) is 5.92 Å². The van der Waals surface area contributed by atoms with Crippen molar-refractivity contribution in [1.82, 2.24) is 0 Å². The van der Waals surface area contributed by atoms with Gasteiger partial charge in [0.2, 0.25) is 0 Å². The molecule has 0 radical (unpaired) electrons. The molecule has 0 aliphatic heterocycles. The third-order valence-corrected chi connectivity index (χ3v) is 3.16. The van der Waals surface area contributed by atoms with Crippen molar-refractivity contribution in [3.8, 4) is 0 Å². The van der Waals surface area contributed by atoms with Crippen LogP contribution in [0.3, 0.4) is 0 Å². The summed E-state index contributed by atoms with van der Waals surface area (Å²) >= 11 is 6.07. The molecule has 0 spiro atoms. The second kappa shape index (κ2) is 5.22. The Morgan fingerprint density at radius 3 is 2.87 bits per heavy atom. The fourth-order valence-corrected chi connectivity index (χ4v) is 2.10. The van der Waals surface area contributed by atoms with E-state index in [2.05, 4.69) is 17.5 Å². The maximum atomic E-state index is 6.07. The average Bonchev–Trinajstić information content (AvgIpc) is 2.29. The Labute approximate surface area is 96.1 Å². The Balaban J connectivity index is 1.87. The van der Waals surface area contributed by atoms with Crippen molar-refractivity contribution < 1.29 is 0 Å². The van der Waals surface area contributed by atoms with Crippen LogP contribution in [0.15, 0.2) is 36.4 Å². The number of halogens is 1. The van der Waals surface area contributed by atoms with Crippen LogP contribution in [-0.4, -0.2) is 6.54 Å². The summed E-state index contributed by atoms with van der Waals surface area (Å²) in [4.78, 5) is 0. The molecule has 0 bridgehead atoms. The molecule has 1 atom stereocenters. The first-order valence-electron chi connectivity index (χ1n) is 5.49. The zero-order valence-electron chi connectivity index (χ0n) is 8.75. The molecule has 1 aliphatic rings.